The molecule has 0 aliphatic carbocycles. The van der Waals surface area contributed by atoms with Gasteiger partial charge in [0.05, 0.1) is 23.9 Å². The van der Waals surface area contributed by atoms with Crippen LogP contribution in [0.25, 0.3) is 27.8 Å². The molecule has 4 aromatic rings. The van der Waals surface area contributed by atoms with Gasteiger partial charge in [0.25, 0.3) is 0 Å². The van der Waals surface area contributed by atoms with Gasteiger partial charge in [0, 0.05) is 16.2 Å². The Labute approximate surface area is 153 Å². The fourth-order valence-corrected chi connectivity index (χ4v) is 2.99. The summed E-state index contributed by atoms with van der Waals surface area (Å²) in [6, 6.07) is 15.8. The average molecular weight is 395 g/mol. The fraction of sp³-hybridized carbons (Fsp3) is 0.105. The van der Waals surface area contributed by atoms with Gasteiger partial charge in [-0.1, -0.05) is 28.1 Å². The number of benzene rings is 2. The Hall–Kier alpha value is -2.73. The van der Waals surface area contributed by atoms with Crippen LogP contribution in [-0.4, -0.2) is 27.1 Å². The van der Waals surface area contributed by atoms with Crippen LogP contribution in [0.4, 0.5) is 0 Å². The summed E-state index contributed by atoms with van der Waals surface area (Å²) < 4.78 is 8.10. The molecular formula is C19H15BrN4O. The lowest BCUT2D eigenvalue weighted by molar-refractivity contribution is 0.414. The number of halogens is 1. The van der Waals surface area contributed by atoms with Gasteiger partial charge >= 0.3 is 0 Å². The van der Waals surface area contributed by atoms with E-state index in [2.05, 4.69) is 26.1 Å². The van der Waals surface area contributed by atoms with Crippen molar-refractivity contribution in [2.75, 3.05) is 7.11 Å². The summed E-state index contributed by atoms with van der Waals surface area (Å²) in [5, 5.41) is 14.4. The molecule has 25 heavy (non-hydrogen) atoms. The third-order valence-electron chi connectivity index (χ3n) is 4.07. The highest BCUT2D eigenvalue weighted by Gasteiger charge is 2.14. The van der Waals surface area contributed by atoms with E-state index in [1.54, 1.807) is 7.11 Å². The van der Waals surface area contributed by atoms with Crippen LogP contribution in [0.2, 0.25) is 0 Å². The number of hydrogen-bond acceptors (Lipinski definition) is 4. The SMILES string of the molecule is COc1ccc(-n2cc3c(-c4ccc(Br)cc4)nnc(C)c3n2)cc1. The van der Waals surface area contributed by atoms with Gasteiger partial charge in [-0.3, -0.25) is 0 Å². The summed E-state index contributed by atoms with van der Waals surface area (Å²) >= 11 is 3.46. The highest BCUT2D eigenvalue weighted by atomic mass is 79.9. The molecule has 0 saturated heterocycles. The molecule has 0 N–H and O–H groups in total. The second-order valence-corrected chi connectivity index (χ2v) is 6.59. The fourth-order valence-electron chi connectivity index (χ4n) is 2.73. The Bertz CT molecular complexity index is 1040. The van der Waals surface area contributed by atoms with Crippen molar-refractivity contribution in [1.82, 2.24) is 20.0 Å². The molecule has 2 heterocycles. The maximum absolute atomic E-state index is 5.22. The van der Waals surface area contributed by atoms with Gasteiger partial charge in [-0.2, -0.15) is 10.2 Å². The monoisotopic (exact) mass is 394 g/mol. The van der Waals surface area contributed by atoms with Gasteiger partial charge in [0.15, 0.2) is 0 Å². The number of hydrogen-bond donors (Lipinski definition) is 0. The maximum atomic E-state index is 5.22. The van der Waals surface area contributed by atoms with Crippen LogP contribution >= 0.6 is 15.9 Å². The summed E-state index contributed by atoms with van der Waals surface area (Å²) in [5.41, 5.74) is 4.45. The van der Waals surface area contributed by atoms with Crippen molar-refractivity contribution in [2.45, 2.75) is 6.92 Å². The van der Waals surface area contributed by atoms with Crippen molar-refractivity contribution >= 4 is 26.8 Å². The molecule has 0 amide bonds. The van der Waals surface area contributed by atoms with E-state index in [9.17, 15) is 0 Å². The number of nitrogens with zero attached hydrogens (tertiary/aromatic N) is 4. The lowest BCUT2D eigenvalue weighted by Gasteiger charge is -2.03. The first kappa shape index (κ1) is 15.8. The third kappa shape index (κ3) is 2.89. The molecule has 0 aliphatic rings. The van der Waals surface area contributed by atoms with Crippen LogP contribution in [0.1, 0.15) is 5.69 Å². The highest BCUT2D eigenvalue weighted by Crippen LogP contribution is 2.28. The van der Waals surface area contributed by atoms with Gasteiger partial charge in [0.2, 0.25) is 0 Å². The topological polar surface area (TPSA) is 52.8 Å². The van der Waals surface area contributed by atoms with E-state index in [0.29, 0.717) is 0 Å². The number of rotatable bonds is 3. The van der Waals surface area contributed by atoms with Gasteiger partial charge in [-0.15, -0.1) is 5.10 Å². The molecule has 5 nitrogen and oxygen atoms in total. The first-order chi connectivity index (χ1) is 12.2. The van der Waals surface area contributed by atoms with E-state index in [1.807, 2.05) is 66.3 Å². The Morgan fingerprint density at radius 3 is 2.36 bits per heavy atom. The quantitative estimate of drug-likeness (QED) is 0.510. The molecule has 124 valence electrons. The van der Waals surface area contributed by atoms with Gasteiger partial charge in [0.1, 0.15) is 17.0 Å². The predicted octanol–water partition coefficient (Wildman–Crippen LogP) is 4.56. The highest BCUT2D eigenvalue weighted by molar-refractivity contribution is 9.10. The molecule has 0 bridgehead atoms. The number of aromatic nitrogens is 4. The molecular weight excluding hydrogens is 380 g/mol. The van der Waals surface area contributed by atoms with Crippen molar-refractivity contribution in [3.05, 3.63) is 64.9 Å². The molecule has 6 heteroatoms. The van der Waals surface area contributed by atoms with Crippen molar-refractivity contribution in [1.29, 1.82) is 0 Å². The van der Waals surface area contributed by atoms with E-state index < -0.39 is 0 Å². The van der Waals surface area contributed by atoms with E-state index in [1.165, 1.54) is 0 Å². The second-order valence-electron chi connectivity index (χ2n) is 5.67. The Morgan fingerprint density at radius 1 is 0.960 bits per heavy atom. The molecule has 0 fully saturated rings. The lowest BCUT2D eigenvalue weighted by Crippen LogP contribution is -1.95. The Morgan fingerprint density at radius 2 is 1.68 bits per heavy atom. The maximum Gasteiger partial charge on any atom is 0.119 e. The van der Waals surface area contributed by atoms with Crippen LogP contribution in [0, 0.1) is 6.92 Å². The predicted molar refractivity (Wildman–Crippen MR) is 101 cm³/mol. The van der Waals surface area contributed by atoms with E-state index >= 15 is 0 Å². The summed E-state index contributed by atoms with van der Waals surface area (Å²) in [6.45, 7) is 1.92. The molecule has 4 rings (SSSR count). The van der Waals surface area contributed by atoms with Crippen LogP contribution in [-0.2, 0) is 0 Å². The summed E-state index contributed by atoms with van der Waals surface area (Å²) in [5.74, 6) is 0.815. The zero-order valence-corrected chi connectivity index (χ0v) is 15.4. The van der Waals surface area contributed by atoms with Crippen LogP contribution in [0.3, 0.4) is 0 Å². The number of aryl methyl sites for hydroxylation is 1. The molecule has 0 saturated carbocycles. The van der Waals surface area contributed by atoms with Gasteiger partial charge < -0.3 is 4.74 Å². The van der Waals surface area contributed by atoms with Crippen LogP contribution in [0.5, 0.6) is 5.75 Å². The molecule has 0 radical (unpaired) electrons. The Balaban J connectivity index is 1.87. The molecule has 2 aromatic carbocycles. The minimum atomic E-state index is 0.808. The van der Waals surface area contributed by atoms with E-state index in [-0.39, 0.29) is 0 Å². The first-order valence-electron chi connectivity index (χ1n) is 7.79. The molecule has 0 aliphatic heterocycles. The smallest absolute Gasteiger partial charge is 0.119 e. The molecule has 0 atom stereocenters. The summed E-state index contributed by atoms with van der Waals surface area (Å²) in [6.07, 6.45) is 2.00. The zero-order chi connectivity index (χ0) is 17.4. The molecule has 0 spiro atoms. The molecule has 2 aromatic heterocycles. The minimum absolute atomic E-state index is 0.808. The third-order valence-corrected chi connectivity index (χ3v) is 4.60. The van der Waals surface area contributed by atoms with Crippen molar-refractivity contribution in [3.63, 3.8) is 0 Å². The minimum Gasteiger partial charge on any atom is -0.497 e. The van der Waals surface area contributed by atoms with Crippen LogP contribution < -0.4 is 4.74 Å². The van der Waals surface area contributed by atoms with Gasteiger partial charge in [-0.05, 0) is 43.3 Å². The normalized spacial score (nSPS) is 11.0. The molecule has 0 unspecified atom stereocenters. The van der Waals surface area contributed by atoms with Crippen molar-refractivity contribution in [2.24, 2.45) is 0 Å². The number of methoxy groups -OCH3 is 1. The van der Waals surface area contributed by atoms with Crippen molar-refractivity contribution in [3.8, 4) is 22.7 Å². The number of fused-ring (bicyclic) bond motifs is 1. The summed E-state index contributed by atoms with van der Waals surface area (Å²) in [4.78, 5) is 0. The largest absolute Gasteiger partial charge is 0.497 e. The van der Waals surface area contributed by atoms with Crippen LogP contribution in [0.15, 0.2) is 59.2 Å². The summed E-state index contributed by atoms with van der Waals surface area (Å²) in [7, 11) is 1.66. The second kappa shape index (κ2) is 6.29. The zero-order valence-electron chi connectivity index (χ0n) is 13.8. The van der Waals surface area contributed by atoms with Crippen molar-refractivity contribution < 1.29 is 4.74 Å². The average Bonchev–Trinajstić information content (AvgIpc) is 3.09. The Kier molecular flexibility index (Phi) is 3.97. The lowest BCUT2D eigenvalue weighted by atomic mass is 10.1. The van der Waals surface area contributed by atoms with Gasteiger partial charge in [-0.25, -0.2) is 4.68 Å². The number of ether oxygens (including phenoxy) is 1. The van der Waals surface area contributed by atoms with E-state index in [4.69, 9.17) is 9.84 Å². The van der Waals surface area contributed by atoms with E-state index in [0.717, 1.165) is 43.8 Å². The first-order valence-corrected chi connectivity index (χ1v) is 8.58. The standard InChI is InChI=1S/C19H15BrN4O/c1-12-18-17(19(22-21-12)13-3-5-14(20)6-4-13)11-24(23-18)15-7-9-16(25-2)10-8-15/h3-11H,1-2H3.